The second-order valence-electron chi connectivity index (χ2n) is 4.88. The van der Waals surface area contributed by atoms with Gasteiger partial charge in [-0.05, 0) is 49.2 Å². The topological polar surface area (TPSA) is 95.9 Å². The molecule has 1 amide bonds. The van der Waals surface area contributed by atoms with Gasteiger partial charge in [0.25, 0.3) is 0 Å². The lowest BCUT2D eigenvalue weighted by molar-refractivity contribution is 0.0693. The lowest BCUT2D eigenvalue weighted by atomic mass is 10.1. The summed E-state index contributed by atoms with van der Waals surface area (Å²) >= 11 is 0. The summed E-state index contributed by atoms with van der Waals surface area (Å²) in [5.74, 6) is -1.28. The molecule has 6 heteroatoms. The van der Waals surface area contributed by atoms with Crippen molar-refractivity contribution in [3.05, 3.63) is 53.1 Å². The van der Waals surface area contributed by atoms with Gasteiger partial charge in [-0.15, -0.1) is 0 Å². The van der Waals surface area contributed by atoms with Crippen LogP contribution in [0, 0.1) is 13.8 Å². The molecule has 0 aliphatic heterocycles. The Labute approximate surface area is 127 Å². The van der Waals surface area contributed by atoms with E-state index in [0.717, 1.165) is 17.2 Å². The highest BCUT2D eigenvalue weighted by Crippen LogP contribution is 2.22. The van der Waals surface area contributed by atoms with Gasteiger partial charge < -0.3 is 14.9 Å². The molecule has 0 radical (unpaired) electrons. The number of rotatable bonds is 3. The first-order valence-corrected chi connectivity index (χ1v) is 6.48. The van der Waals surface area contributed by atoms with Gasteiger partial charge in [-0.2, -0.15) is 0 Å². The number of amides is 1. The summed E-state index contributed by atoms with van der Waals surface area (Å²) in [6.07, 6.45) is -0.729. The summed E-state index contributed by atoms with van der Waals surface area (Å²) in [4.78, 5) is 22.6. The highest BCUT2D eigenvalue weighted by Gasteiger charge is 2.12. The molecule has 0 unspecified atom stereocenters. The molecule has 0 fully saturated rings. The Hall–Kier alpha value is -3.02. The van der Waals surface area contributed by atoms with Crippen molar-refractivity contribution >= 4 is 17.7 Å². The summed E-state index contributed by atoms with van der Waals surface area (Å²) in [5.41, 5.74) is 1.92. The van der Waals surface area contributed by atoms with Gasteiger partial charge in [-0.25, -0.2) is 9.59 Å². The van der Waals surface area contributed by atoms with Gasteiger partial charge in [-0.1, -0.05) is 6.07 Å². The number of phenols is 1. The number of hydrogen-bond donors (Lipinski definition) is 3. The predicted octanol–water partition coefficient (Wildman–Crippen LogP) is 3.32. The number of anilines is 1. The molecule has 0 spiro atoms. The van der Waals surface area contributed by atoms with Crippen LogP contribution in [0.15, 0.2) is 36.4 Å². The SMILES string of the molecule is Cc1cc(C)cc(OC(=O)Nc2ccc(C(=O)O)c(O)c2)c1. The van der Waals surface area contributed by atoms with Crippen molar-refractivity contribution < 1.29 is 24.5 Å². The molecular formula is C16H15NO5. The van der Waals surface area contributed by atoms with Gasteiger partial charge >= 0.3 is 12.1 Å². The summed E-state index contributed by atoms with van der Waals surface area (Å²) in [6.45, 7) is 3.78. The van der Waals surface area contributed by atoms with E-state index in [9.17, 15) is 14.7 Å². The van der Waals surface area contributed by atoms with Crippen LogP contribution in [-0.4, -0.2) is 22.3 Å². The quantitative estimate of drug-likeness (QED) is 0.808. The molecule has 0 aliphatic rings. The second kappa shape index (κ2) is 6.17. The number of aromatic carboxylic acids is 1. The predicted molar refractivity (Wildman–Crippen MR) is 80.6 cm³/mol. The third kappa shape index (κ3) is 3.76. The van der Waals surface area contributed by atoms with E-state index in [1.54, 1.807) is 12.1 Å². The van der Waals surface area contributed by atoms with Gasteiger partial charge in [0.2, 0.25) is 0 Å². The Morgan fingerprint density at radius 3 is 2.23 bits per heavy atom. The fourth-order valence-electron chi connectivity index (χ4n) is 2.03. The van der Waals surface area contributed by atoms with Crippen molar-refractivity contribution in [1.82, 2.24) is 0 Å². The molecule has 0 saturated carbocycles. The van der Waals surface area contributed by atoms with Crippen LogP contribution >= 0.6 is 0 Å². The molecule has 114 valence electrons. The van der Waals surface area contributed by atoms with Gasteiger partial charge in [-0.3, -0.25) is 5.32 Å². The molecule has 0 heterocycles. The molecule has 0 saturated heterocycles. The smallest absolute Gasteiger partial charge is 0.417 e. The molecule has 2 aromatic rings. The number of hydrogen-bond acceptors (Lipinski definition) is 4. The Morgan fingerprint density at radius 2 is 1.68 bits per heavy atom. The van der Waals surface area contributed by atoms with Crippen LogP contribution in [0.25, 0.3) is 0 Å². The summed E-state index contributed by atoms with van der Waals surface area (Å²) in [6, 6.07) is 9.10. The number of ether oxygens (including phenoxy) is 1. The molecule has 2 rings (SSSR count). The van der Waals surface area contributed by atoms with E-state index in [2.05, 4.69) is 5.32 Å². The van der Waals surface area contributed by atoms with Crippen LogP contribution in [0.3, 0.4) is 0 Å². The van der Waals surface area contributed by atoms with Crippen LogP contribution in [0.4, 0.5) is 10.5 Å². The zero-order valence-electron chi connectivity index (χ0n) is 12.1. The summed E-state index contributed by atoms with van der Waals surface area (Å²) in [7, 11) is 0. The van der Waals surface area contributed by atoms with Gasteiger partial charge in [0.15, 0.2) is 0 Å². The largest absolute Gasteiger partial charge is 0.507 e. The van der Waals surface area contributed by atoms with E-state index in [-0.39, 0.29) is 11.3 Å². The molecular weight excluding hydrogens is 286 g/mol. The molecule has 3 N–H and O–H groups in total. The van der Waals surface area contributed by atoms with E-state index in [4.69, 9.17) is 9.84 Å². The monoisotopic (exact) mass is 301 g/mol. The summed E-state index contributed by atoms with van der Waals surface area (Å²) in [5, 5.41) is 20.8. The Balaban J connectivity index is 2.09. The van der Waals surface area contributed by atoms with Crippen LogP contribution < -0.4 is 10.1 Å². The van der Waals surface area contributed by atoms with Crippen molar-refractivity contribution in [2.45, 2.75) is 13.8 Å². The number of carboxylic acid groups (broad SMARTS) is 1. The standard InChI is InChI=1S/C16H15NO5/c1-9-5-10(2)7-12(6-9)22-16(21)17-11-3-4-13(15(19)20)14(18)8-11/h3-8,18H,1-2H3,(H,17,21)(H,19,20). The minimum Gasteiger partial charge on any atom is -0.507 e. The number of carboxylic acids is 1. The first-order valence-electron chi connectivity index (χ1n) is 6.48. The van der Waals surface area contributed by atoms with Crippen molar-refractivity contribution in [3.8, 4) is 11.5 Å². The normalized spacial score (nSPS) is 10.1. The lowest BCUT2D eigenvalue weighted by Crippen LogP contribution is -2.17. The Kier molecular flexibility index (Phi) is 4.31. The molecule has 6 nitrogen and oxygen atoms in total. The van der Waals surface area contributed by atoms with Gasteiger partial charge in [0.05, 0.1) is 0 Å². The molecule has 0 bridgehead atoms. The Bertz CT molecular complexity index is 719. The number of carbonyl (C=O) groups excluding carboxylic acids is 1. The van der Waals surface area contributed by atoms with E-state index in [1.807, 2.05) is 19.9 Å². The van der Waals surface area contributed by atoms with Gasteiger partial charge in [0, 0.05) is 11.8 Å². The average molecular weight is 301 g/mol. The maximum absolute atomic E-state index is 11.8. The fourth-order valence-corrected chi connectivity index (χ4v) is 2.03. The van der Waals surface area contributed by atoms with E-state index >= 15 is 0 Å². The third-order valence-electron chi connectivity index (χ3n) is 2.88. The van der Waals surface area contributed by atoms with E-state index in [0.29, 0.717) is 5.75 Å². The molecule has 22 heavy (non-hydrogen) atoms. The van der Waals surface area contributed by atoms with Crippen molar-refractivity contribution in [2.24, 2.45) is 0 Å². The lowest BCUT2D eigenvalue weighted by Gasteiger charge is -2.09. The van der Waals surface area contributed by atoms with Crippen LogP contribution in [-0.2, 0) is 0 Å². The molecule has 2 aromatic carbocycles. The average Bonchev–Trinajstić information content (AvgIpc) is 2.36. The Morgan fingerprint density at radius 1 is 1.05 bits per heavy atom. The van der Waals surface area contributed by atoms with Crippen LogP contribution in [0.1, 0.15) is 21.5 Å². The number of aryl methyl sites for hydroxylation is 2. The fraction of sp³-hybridized carbons (Fsp3) is 0.125. The van der Waals surface area contributed by atoms with E-state index < -0.39 is 17.8 Å². The van der Waals surface area contributed by atoms with Crippen molar-refractivity contribution in [3.63, 3.8) is 0 Å². The van der Waals surface area contributed by atoms with Crippen molar-refractivity contribution in [2.75, 3.05) is 5.32 Å². The van der Waals surface area contributed by atoms with E-state index in [1.165, 1.54) is 12.1 Å². The highest BCUT2D eigenvalue weighted by molar-refractivity contribution is 5.93. The first-order chi connectivity index (χ1) is 10.3. The van der Waals surface area contributed by atoms with Gasteiger partial charge in [0.1, 0.15) is 17.1 Å². The number of nitrogens with one attached hydrogen (secondary N) is 1. The number of benzene rings is 2. The maximum Gasteiger partial charge on any atom is 0.417 e. The second-order valence-corrected chi connectivity index (χ2v) is 4.88. The molecule has 0 atom stereocenters. The van der Waals surface area contributed by atoms with Crippen molar-refractivity contribution in [1.29, 1.82) is 0 Å². The minimum absolute atomic E-state index is 0.233. The number of aromatic hydroxyl groups is 1. The molecule has 0 aliphatic carbocycles. The zero-order valence-corrected chi connectivity index (χ0v) is 12.1. The summed E-state index contributed by atoms with van der Waals surface area (Å²) < 4.78 is 5.15. The molecule has 0 aromatic heterocycles. The van der Waals surface area contributed by atoms with Crippen LogP contribution in [0.5, 0.6) is 11.5 Å². The zero-order chi connectivity index (χ0) is 16.3. The third-order valence-corrected chi connectivity index (χ3v) is 2.88. The number of carbonyl (C=O) groups is 2. The maximum atomic E-state index is 11.8. The van der Waals surface area contributed by atoms with Crippen LogP contribution in [0.2, 0.25) is 0 Å². The minimum atomic E-state index is -1.25. The highest BCUT2D eigenvalue weighted by atomic mass is 16.6. The first kappa shape index (κ1) is 15.4.